The van der Waals surface area contributed by atoms with Crippen LogP contribution in [0.4, 0.5) is 5.69 Å². The maximum Gasteiger partial charge on any atom is 0.313 e. The fourth-order valence-electron chi connectivity index (χ4n) is 5.41. The van der Waals surface area contributed by atoms with Crippen LogP contribution < -0.4 is 4.72 Å². The quantitative estimate of drug-likeness (QED) is 0.555. The molecule has 5 rings (SSSR count). The van der Waals surface area contributed by atoms with Crippen LogP contribution in [0, 0.1) is 11.3 Å². The lowest BCUT2D eigenvalue weighted by atomic mass is 9.75. The minimum Gasteiger partial charge on any atom is -0.465 e. The largest absolute Gasteiger partial charge is 0.465 e. The Morgan fingerprint density at radius 3 is 2.58 bits per heavy atom. The molecule has 31 heavy (non-hydrogen) atoms. The Hall–Kier alpha value is -2.60. The highest BCUT2D eigenvalue weighted by molar-refractivity contribution is 7.92. The van der Waals surface area contributed by atoms with Crippen molar-refractivity contribution in [2.45, 2.75) is 49.8 Å². The number of rotatable bonds is 5. The fourth-order valence-corrected chi connectivity index (χ4v) is 6.52. The number of esters is 1. The van der Waals surface area contributed by atoms with E-state index in [4.69, 9.17) is 4.74 Å². The zero-order chi connectivity index (χ0) is 21.6. The van der Waals surface area contributed by atoms with Crippen molar-refractivity contribution in [3.63, 3.8) is 0 Å². The van der Waals surface area contributed by atoms with E-state index in [0.29, 0.717) is 30.0 Å². The monoisotopic (exact) mass is 437 g/mol. The van der Waals surface area contributed by atoms with Gasteiger partial charge in [-0.15, -0.1) is 0 Å². The number of allylic oxidation sites excluding steroid dienone is 1. The molecular weight excluding hydrogens is 410 g/mol. The number of carbonyl (C=O) groups excluding carboxylic acids is 1. The van der Waals surface area contributed by atoms with E-state index in [-0.39, 0.29) is 11.9 Å². The van der Waals surface area contributed by atoms with Crippen LogP contribution >= 0.6 is 0 Å². The minimum atomic E-state index is -3.65. The second kappa shape index (κ2) is 7.52. The number of fused-ring (bicyclic) bond motifs is 2. The Bertz CT molecular complexity index is 1150. The zero-order valence-corrected chi connectivity index (χ0v) is 18.3. The molecule has 1 saturated heterocycles. The predicted octanol–water partition coefficient (Wildman–Crippen LogP) is 4.42. The molecular formula is C25H27NO4S. The zero-order valence-electron chi connectivity index (χ0n) is 17.5. The van der Waals surface area contributed by atoms with Crippen molar-refractivity contribution in [1.29, 1.82) is 0 Å². The van der Waals surface area contributed by atoms with E-state index < -0.39 is 15.4 Å². The first-order valence-corrected chi connectivity index (χ1v) is 12.4. The third-order valence-electron chi connectivity index (χ3n) is 7.06. The van der Waals surface area contributed by atoms with Gasteiger partial charge >= 0.3 is 5.97 Å². The van der Waals surface area contributed by atoms with E-state index in [1.807, 2.05) is 24.3 Å². The molecule has 0 spiro atoms. The van der Waals surface area contributed by atoms with Crippen molar-refractivity contribution in [2.75, 3.05) is 11.3 Å². The number of hydrogen-bond acceptors (Lipinski definition) is 4. The van der Waals surface area contributed by atoms with Gasteiger partial charge in [0, 0.05) is 11.6 Å². The standard InChI is InChI=1S/C25H27NO4S/c1-17-12-21-16-30-24(27)25(21,14-17)15-18-6-9-22(10-7-18)26-31(28,29)23-11-8-19-4-2-3-5-20(19)13-23/h6-11,13,21,26H,1-5,12,14-16H2. The van der Waals surface area contributed by atoms with Crippen molar-refractivity contribution in [2.24, 2.45) is 11.3 Å². The smallest absolute Gasteiger partial charge is 0.313 e. The molecule has 2 unspecified atom stereocenters. The van der Waals surface area contributed by atoms with Gasteiger partial charge in [0.25, 0.3) is 10.0 Å². The topological polar surface area (TPSA) is 72.5 Å². The van der Waals surface area contributed by atoms with Crippen LogP contribution in [0.15, 0.2) is 59.5 Å². The first-order chi connectivity index (χ1) is 14.9. The van der Waals surface area contributed by atoms with Gasteiger partial charge in [-0.3, -0.25) is 9.52 Å². The highest BCUT2D eigenvalue weighted by Crippen LogP contribution is 2.52. The number of sulfonamides is 1. The highest BCUT2D eigenvalue weighted by atomic mass is 32.2. The van der Waals surface area contributed by atoms with Crippen molar-refractivity contribution in [3.8, 4) is 0 Å². The third-order valence-corrected chi connectivity index (χ3v) is 8.44. The van der Waals surface area contributed by atoms with Crippen LogP contribution in [-0.2, 0) is 38.8 Å². The van der Waals surface area contributed by atoms with Crippen molar-refractivity contribution in [1.82, 2.24) is 0 Å². The first-order valence-electron chi connectivity index (χ1n) is 10.9. The Labute approximate surface area is 183 Å². The molecule has 1 N–H and O–H groups in total. The average Bonchev–Trinajstić information content (AvgIpc) is 3.22. The van der Waals surface area contributed by atoms with Crippen molar-refractivity contribution in [3.05, 3.63) is 71.3 Å². The number of hydrogen-bond donors (Lipinski definition) is 1. The molecule has 2 aliphatic carbocycles. The molecule has 1 heterocycles. The summed E-state index contributed by atoms with van der Waals surface area (Å²) in [6, 6.07) is 12.8. The van der Waals surface area contributed by atoms with Gasteiger partial charge in [-0.1, -0.05) is 30.4 Å². The SMILES string of the molecule is C=C1CC2COC(=O)C2(Cc2ccc(NS(=O)(=O)c3ccc4c(c3)CCCC4)cc2)C1. The Morgan fingerprint density at radius 1 is 1.06 bits per heavy atom. The van der Waals surface area contributed by atoms with Gasteiger partial charge in [0.2, 0.25) is 0 Å². The van der Waals surface area contributed by atoms with Gasteiger partial charge in [-0.2, -0.15) is 0 Å². The van der Waals surface area contributed by atoms with Crippen molar-refractivity contribution < 1.29 is 17.9 Å². The van der Waals surface area contributed by atoms with Gasteiger partial charge in [-0.05, 0) is 85.9 Å². The van der Waals surface area contributed by atoms with Gasteiger partial charge in [0.1, 0.15) is 0 Å². The number of anilines is 1. The highest BCUT2D eigenvalue weighted by Gasteiger charge is 2.55. The summed E-state index contributed by atoms with van der Waals surface area (Å²) >= 11 is 0. The molecule has 1 saturated carbocycles. The van der Waals surface area contributed by atoms with Crippen LogP contribution in [0.25, 0.3) is 0 Å². The lowest BCUT2D eigenvalue weighted by molar-refractivity contribution is -0.146. The maximum absolute atomic E-state index is 12.9. The summed E-state index contributed by atoms with van der Waals surface area (Å²) in [5, 5.41) is 0. The normalized spacial score (nSPS) is 25.1. The van der Waals surface area contributed by atoms with E-state index in [2.05, 4.69) is 11.3 Å². The molecule has 0 amide bonds. The molecule has 3 aliphatic rings. The van der Waals surface area contributed by atoms with Gasteiger partial charge < -0.3 is 4.74 Å². The Kier molecular flexibility index (Phi) is 4.93. The number of carbonyl (C=O) groups is 1. The lowest BCUT2D eigenvalue weighted by Crippen LogP contribution is -2.31. The molecule has 2 fully saturated rings. The summed E-state index contributed by atoms with van der Waals surface area (Å²) in [6.07, 6.45) is 6.33. The van der Waals surface area contributed by atoms with E-state index in [1.165, 1.54) is 5.56 Å². The second-order valence-electron chi connectivity index (χ2n) is 9.20. The molecule has 2 aromatic carbocycles. The molecule has 5 nitrogen and oxygen atoms in total. The van der Waals surface area contributed by atoms with Crippen LogP contribution in [0.2, 0.25) is 0 Å². The molecule has 1 aliphatic heterocycles. The van der Waals surface area contributed by atoms with Crippen LogP contribution in [0.3, 0.4) is 0 Å². The maximum atomic E-state index is 12.9. The van der Waals surface area contributed by atoms with Crippen LogP contribution in [-0.4, -0.2) is 21.0 Å². The number of ether oxygens (including phenoxy) is 1. The van der Waals surface area contributed by atoms with Crippen LogP contribution in [0.1, 0.15) is 42.4 Å². The molecule has 6 heteroatoms. The average molecular weight is 438 g/mol. The van der Waals surface area contributed by atoms with Gasteiger partial charge in [-0.25, -0.2) is 8.42 Å². The summed E-state index contributed by atoms with van der Waals surface area (Å²) in [5.74, 6) is 0.0584. The molecule has 2 atom stereocenters. The summed E-state index contributed by atoms with van der Waals surface area (Å²) in [7, 11) is -3.65. The Balaban J connectivity index is 1.32. The molecule has 0 radical (unpaired) electrons. The van der Waals surface area contributed by atoms with E-state index in [1.54, 1.807) is 18.2 Å². The second-order valence-corrected chi connectivity index (χ2v) is 10.9. The fraction of sp³-hybridized carbons (Fsp3) is 0.400. The van der Waals surface area contributed by atoms with E-state index in [9.17, 15) is 13.2 Å². The summed E-state index contributed by atoms with van der Waals surface area (Å²) < 4.78 is 33.8. The number of benzene rings is 2. The first kappa shape index (κ1) is 20.3. The molecule has 0 aromatic heterocycles. The summed E-state index contributed by atoms with van der Waals surface area (Å²) in [5.41, 5.74) is 4.50. The number of aryl methyl sites for hydroxylation is 2. The van der Waals surface area contributed by atoms with Crippen LogP contribution in [0.5, 0.6) is 0 Å². The summed E-state index contributed by atoms with van der Waals surface area (Å²) in [6.45, 7) is 4.55. The van der Waals surface area contributed by atoms with E-state index >= 15 is 0 Å². The molecule has 2 aromatic rings. The summed E-state index contributed by atoms with van der Waals surface area (Å²) in [4.78, 5) is 12.8. The number of nitrogens with one attached hydrogen (secondary N) is 1. The Morgan fingerprint density at radius 2 is 1.81 bits per heavy atom. The molecule has 162 valence electrons. The predicted molar refractivity (Wildman–Crippen MR) is 119 cm³/mol. The molecule has 0 bridgehead atoms. The minimum absolute atomic E-state index is 0.131. The van der Waals surface area contributed by atoms with E-state index in [0.717, 1.165) is 48.8 Å². The lowest BCUT2D eigenvalue weighted by Gasteiger charge is -2.24. The van der Waals surface area contributed by atoms with Crippen molar-refractivity contribution >= 4 is 21.7 Å². The third kappa shape index (κ3) is 3.67. The number of cyclic esters (lactones) is 1. The van der Waals surface area contributed by atoms with Gasteiger partial charge in [0.05, 0.1) is 16.9 Å². The van der Waals surface area contributed by atoms with Gasteiger partial charge in [0.15, 0.2) is 0 Å².